The second kappa shape index (κ2) is 5.74. The second-order valence-corrected chi connectivity index (χ2v) is 5.56. The van der Waals surface area contributed by atoms with E-state index < -0.39 is 11.6 Å². The molecule has 2 aromatic rings. The van der Waals surface area contributed by atoms with Gasteiger partial charge < -0.3 is 0 Å². The number of hydrogen-bond acceptors (Lipinski definition) is 0. The first-order valence-electron chi connectivity index (χ1n) is 7.30. The normalized spacial score (nSPS) is 16.3. The van der Waals surface area contributed by atoms with Crippen molar-refractivity contribution < 1.29 is 8.78 Å². The van der Waals surface area contributed by atoms with Crippen molar-refractivity contribution in [1.82, 2.24) is 0 Å². The molecule has 1 fully saturated rings. The highest BCUT2D eigenvalue weighted by Crippen LogP contribution is 2.34. The lowest BCUT2D eigenvalue weighted by molar-refractivity contribution is 0.443. The lowest BCUT2D eigenvalue weighted by Crippen LogP contribution is -2.04. The number of halogens is 2. The Kier molecular flexibility index (Phi) is 3.81. The molecule has 20 heavy (non-hydrogen) atoms. The van der Waals surface area contributed by atoms with Gasteiger partial charge in [-0.15, -0.1) is 0 Å². The fourth-order valence-corrected chi connectivity index (χ4v) is 3.10. The van der Waals surface area contributed by atoms with Crippen LogP contribution in [-0.2, 0) is 0 Å². The van der Waals surface area contributed by atoms with Crippen molar-refractivity contribution in [3.63, 3.8) is 0 Å². The quantitative estimate of drug-likeness (QED) is 0.659. The standard InChI is InChI=1S/C18H18F2/c19-17-8-4-7-16(18(17)20)15-11-9-14(10-12-15)13-5-2-1-3-6-13/h4,7-13H,1-3,5-6H2. The number of benzene rings is 2. The molecule has 0 bridgehead atoms. The average molecular weight is 272 g/mol. The van der Waals surface area contributed by atoms with Crippen LogP contribution in [0.3, 0.4) is 0 Å². The molecule has 0 aromatic heterocycles. The van der Waals surface area contributed by atoms with Crippen LogP contribution >= 0.6 is 0 Å². The Bertz CT molecular complexity index is 581. The van der Waals surface area contributed by atoms with E-state index in [9.17, 15) is 8.78 Å². The minimum atomic E-state index is -0.793. The fourth-order valence-electron chi connectivity index (χ4n) is 3.10. The van der Waals surface area contributed by atoms with Crippen LogP contribution in [0.4, 0.5) is 8.78 Å². The fraction of sp³-hybridized carbons (Fsp3) is 0.333. The Morgan fingerprint density at radius 2 is 1.50 bits per heavy atom. The molecular formula is C18H18F2. The topological polar surface area (TPSA) is 0 Å². The molecule has 2 heteroatoms. The van der Waals surface area contributed by atoms with Crippen molar-refractivity contribution in [3.05, 3.63) is 59.7 Å². The van der Waals surface area contributed by atoms with E-state index in [0.29, 0.717) is 11.5 Å². The number of rotatable bonds is 2. The van der Waals surface area contributed by atoms with E-state index in [-0.39, 0.29) is 0 Å². The summed E-state index contributed by atoms with van der Waals surface area (Å²) in [4.78, 5) is 0. The molecule has 1 saturated carbocycles. The summed E-state index contributed by atoms with van der Waals surface area (Å²) >= 11 is 0. The minimum Gasteiger partial charge on any atom is -0.204 e. The summed E-state index contributed by atoms with van der Waals surface area (Å²) in [5.74, 6) is -0.924. The zero-order valence-electron chi connectivity index (χ0n) is 11.4. The Morgan fingerprint density at radius 1 is 0.800 bits per heavy atom. The van der Waals surface area contributed by atoms with Crippen molar-refractivity contribution >= 4 is 0 Å². The first-order valence-corrected chi connectivity index (χ1v) is 7.30. The van der Waals surface area contributed by atoms with Crippen molar-refractivity contribution in [2.24, 2.45) is 0 Å². The van der Waals surface area contributed by atoms with Crippen LogP contribution in [0.25, 0.3) is 11.1 Å². The molecule has 3 rings (SSSR count). The summed E-state index contributed by atoms with van der Waals surface area (Å²) in [6.45, 7) is 0. The van der Waals surface area contributed by atoms with E-state index in [1.54, 1.807) is 12.1 Å². The highest BCUT2D eigenvalue weighted by atomic mass is 19.2. The maximum atomic E-state index is 13.8. The van der Waals surface area contributed by atoms with Gasteiger partial charge in [-0.3, -0.25) is 0 Å². The van der Waals surface area contributed by atoms with E-state index in [0.717, 1.165) is 11.6 Å². The van der Waals surface area contributed by atoms with E-state index in [1.165, 1.54) is 37.7 Å². The minimum absolute atomic E-state index is 0.334. The van der Waals surface area contributed by atoms with Gasteiger partial charge in [0, 0.05) is 5.56 Å². The SMILES string of the molecule is Fc1cccc(-c2ccc(C3CCCCC3)cc2)c1F. The van der Waals surface area contributed by atoms with Crippen LogP contribution in [-0.4, -0.2) is 0 Å². The maximum Gasteiger partial charge on any atom is 0.166 e. The Hall–Kier alpha value is -1.70. The highest BCUT2D eigenvalue weighted by Gasteiger charge is 2.16. The van der Waals surface area contributed by atoms with Gasteiger partial charge in [-0.2, -0.15) is 0 Å². The van der Waals surface area contributed by atoms with Gasteiger partial charge in [0.05, 0.1) is 0 Å². The van der Waals surface area contributed by atoms with Crippen LogP contribution in [0.15, 0.2) is 42.5 Å². The summed E-state index contributed by atoms with van der Waals surface area (Å²) in [6.07, 6.45) is 6.42. The maximum absolute atomic E-state index is 13.8. The summed E-state index contributed by atoms with van der Waals surface area (Å²) in [7, 11) is 0. The Balaban J connectivity index is 1.87. The Labute approximate surface area is 118 Å². The first kappa shape index (κ1) is 13.3. The molecule has 2 aromatic carbocycles. The van der Waals surface area contributed by atoms with Crippen molar-refractivity contribution in [2.45, 2.75) is 38.0 Å². The second-order valence-electron chi connectivity index (χ2n) is 5.56. The summed E-state index contributed by atoms with van der Waals surface area (Å²) in [6, 6.07) is 12.3. The van der Waals surface area contributed by atoms with Crippen molar-refractivity contribution in [2.75, 3.05) is 0 Å². The molecule has 1 aliphatic rings. The lowest BCUT2D eigenvalue weighted by atomic mass is 9.84. The van der Waals surface area contributed by atoms with Crippen LogP contribution in [0.1, 0.15) is 43.6 Å². The van der Waals surface area contributed by atoms with Crippen LogP contribution in [0, 0.1) is 11.6 Å². The van der Waals surface area contributed by atoms with Gasteiger partial charge in [0.15, 0.2) is 11.6 Å². The smallest absolute Gasteiger partial charge is 0.166 e. The van der Waals surface area contributed by atoms with Gasteiger partial charge >= 0.3 is 0 Å². The molecule has 0 saturated heterocycles. The molecule has 0 amide bonds. The van der Waals surface area contributed by atoms with Crippen LogP contribution < -0.4 is 0 Å². The molecule has 0 spiro atoms. The molecule has 0 atom stereocenters. The van der Waals surface area contributed by atoms with E-state index in [4.69, 9.17) is 0 Å². The first-order chi connectivity index (χ1) is 9.75. The van der Waals surface area contributed by atoms with E-state index in [1.807, 2.05) is 12.1 Å². The molecule has 0 heterocycles. The van der Waals surface area contributed by atoms with Crippen molar-refractivity contribution in [1.29, 1.82) is 0 Å². The predicted molar refractivity (Wildman–Crippen MR) is 77.6 cm³/mol. The lowest BCUT2D eigenvalue weighted by Gasteiger charge is -2.22. The van der Waals surface area contributed by atoms with Gasteiger partial charge in [-0.25, -0.2) is 8.78 Å². The zero-order valence-corrected chi connectivity index (χ0v) is 11.4. The molecule has 0 N–H and O–H groups in total. The van der Waals surface area contributed by atoms with Gasteiger partial charge in [0.2, 0.25) is 0 Å². The summed E-state index contributed by atoms with van der Waals surface area (Å²) in [5.41, 5.74) is 2.40. The van der Waals surface area contributed by atoms with Crippen molar-refractivity contribution in [3.8, 4) is 11.1 Å². The van der Waals surface area contributed by atoms with Gasteiger partial charge in [0.25, 0.3) is 0 Å². The molecule has 0 aliphatic heterocycles. The third-order valence-electron chi connectivity index (χ3n) is 4.25. The van der Waals surface area contributed by atoms with Gasteiger partial charge in [-0.1, -0.05) is 55.7 Å². The Morgan fingerprint density at radius 3 is 2.20 bits per heavy atom. The molecular weight excluding hydrogens is 254 g/mol. The summed E-state index contributed by atoms with van der Waals surface area (Å²) in [5, 5.41) is 0. The van der Waals surface area contributed by atoms with Crippen LogP contribution in [0.5, 0.6) is 0 Å². The van der Waals surface area contributed by atoms with E-state index in [2.05, 4.69) is 12.1 Å². The van der Waals surface area contributed by atoms with Crippen LogP contribution in [0.2, 0.25) is 0 Å². The highest BCUT2D eigenvalue weighted by molar-refractivity contribution is 5.64. The largest absolute Gasteiger partial charge is 0.204 e. The molecule has 104 valence electrons. The third-order valence-corrected chi connectivity index (χ3v) is 4.25. The molecule has 0 unspecified atom stereocenters. The summed E-state index contributed by atoms with van der Waals surface area (Å²) < 4.78 is 27.0. The van der Waals surface area contributed by atoms with Gasteiger partial charge in [-0.05, 0) is 36.0 Å². The molecule has 0 radical (unpaired) electrons. The number of hydrogen-bond donors (Lipinski definition) is 0. The third kappa shape index (κ3) is 2.60. The van der Waals surface area contributed by atoms with E-state index >= 15 is 0 Å². The monoisotopic (exact) mass is 272 g/mol. The molecule has 0 nitrogen and oxygen atoms in total. The predicted octanol–water partition coefficient (Wildman–Crippen LogP) is 5.68. The molecule has 1 aliphatic carbocycles. The zero-order chi connectivity index (χ0) is 13.9. The van der Waals surface area contributed by atoms with Gasteiger partial charge in [0.1, 0.15) is 0 Å². The average Bonchev–Trinajstić information content (AvgIpc) is 2.51.